The maximum absolute atomic E-state index is 13.1. The molecule has 7 heteroatoms. The number of imide groups is 2. The number of allylic oxidation sites excluding steroid dienone is 1. The van der Waals surface area contributed by atoms with Crippen LogP contribution in [0.15, 0.2) is 58.6 Å². The van der Waals surface area contributed by atoms with Crippen LogP contribution in [0.4, 0.5) is 16.2 Å². The lowest BCUT2D eigenvalue weighted by atomic mass is 9.88. The number of barbiturate groups is 1. The monoisotopic (exact) mass is 493 g/mol. The van der Waals surface area contributed by atoms with Gasteiger partial charge in [-0.15, -0.1) is 0 Å². The van der Waals surface area contributed by atoms with Crippen molar-refractivity contribution in [1.82, 2.24) is 5.32 Å². The summed E-state index contributed by atoms with van der Waals surface area (Å²) in [5.41, 5.74) is 4.22. The number of hydrogen-bond donors (Lipinski definition) is 1. The summed E-state index contributed by atoms with van der Waals surface area (Å²) in [7, 11) is 0. The van der Waals surface area contributed by atoms with Crippen LogP contribution in [0, 0.1) is 0 Å². The van der Waals surface area contributed by atoms with E-state index in [9.17, 15) is 14.4 Å². The predicted octanol–water partition coefficient (Wildman–Crippen LogP) is 5.14. The van der Waals surface area contributed by atoms with Gasteiger partial charge in [-0.25, -0.2) is 9.69 Å². The number of carbonyl (C=O) groups is 3. The summed E-state index contributed by atoms with van der Waals surface area (Å²) < 4.78 is 0.721. The molecule has 0 unspecified atom stereocenters. The van der Waals surface area contributed by atoms with E-state index in [0.717, 1.165) is 32.7 Å². The molecule has 0 radical (unpaired) electrons. The van der Waals surface area contributed by atoms with Gasteiger partial charge in [0.2, 0.25) is 0 Å². The molecule has 6 nitrogen and oxygen atoms in total. The van der Waals surface area contributed by atoms with Crippen LogP contribution in [-0.2, 0) is 9.59 Å². The van der Waals surface area contributed by atoms with Crippen molar-refractivity contribution in [2.45, 2.75) is 33.2 Å². The molecule has 2 aliphatic rings. The molecule has 0 spiro atoms. The maximum Gasteiger partial charge on any atom is 0.335 e. The number of amides is 4. The quantitative estimate of drug-likeness (QED) is 0.474. The average Bonchev–Trinajstić information content (AvgIpc) is 2.71. The van der Waals surface area contributed by atoms with Crippen LogP contribution in [0.25, 0.3) is 11.6 Å². The van der Waals surface area contributed by atoms with Crippen LogP contribution in [0.1, 0.15) is 38.8 Å². The molecular formula is C25H24BrN3O3. The summed E-state index contributed by atoms with van der Waals surface area (Å²) in [5, 5.41) is 2.27. The molecule has 164 valence electrons. The highest BCUT2D eigenvalue weighted by atomic mass is 79.9. The SMILES string of the molecule is CCN1c2ccc(/C=C3\C(=O)NC(=O)N(c4cccc(Br)c4)C3=O)cc2C(C)=CC1(C)C. The molecule has 4 rings (SSSR count). The Balaban J connectivity index is 1.75. The van der Waals surface area contributed by atoms with E-state index in [-0.39, 0.29) is 11.1 Å². The Labute approximate surface area is 195 Å². The van der Waals surface area contributed by atoms with Gasteiger partial charge in [-0.05, 0) is 75.2 Å². The molecule has 2 aliphatic heterocycles. The van der Waals surface area contributed by atoms with E-state index in [1.54, 1.807) is 30.3 Å². The van der Waals surface area contributed by atoms with Crippen LogP contribution in [-0.4, -0.2) is 29.9 Å². The molecule has 32 heavy (non-hydrogen) atoms. The van der Waals surface area contributed by atoms with Crippen molar-refractivity contribution in [2.24, 2.45) is 0 Å². The highest BCUT2D eigenvalue weighted by molar-refractivity contribution is 9.10. The summed E-state index contributed by atoms with van der Waals surface area (Å²) in [6.45, 7) is 9.40. The summed E-state index contributed by atoms with van der Waals surface area (Å²) in [6, 6.07) is 11.9. The predicted molar refractivity (Wildman–Crippen MR) is 130 cm³/mol. The normalized spacial score (nSPS) is 19.1. The number of carbonyl (C=O) groups excluding carboxylic acids is 3. The Morgan fingerprint density at radius 1 is 1.09 bits per heavy atom. The minimum absolute atomic E-state index is 0.0883. The van der Waals surface area contributed by atoms with Crippen molar-refractivity contribution in [2.75, 3.05) is 16.3 Å². The van der Waals surface area contributed by atoms with Crippen molar-refractivity contribution >= 4 is 56.8 Å². The third-order valence-electron chi connectivity index (χ3n) is 5.80. The fourth-order valence-corrected chi connectivity index (χ4v) is 4.83. The minimum atomic E-state index is -0.764. The Morgan fingerprint density at radius 3 is 2.53 bits per heavy atom. The molecule has 1 fully saturated rings. The van der Waals surface area contributed by atoms with Crippen LogP contribution in [0.3, 0.4) is 0 Å². The number of anilines is 2. The van der Waals surface area contributed by atoms with Gasteiger partial charge in [0.05, 0.1) is 11.2 Å². The molecule has 2 aromatic carbocycles. The third kappa shape index (κ3) is 3.77. The van der Waals surface area contributed by atoms with Crippen LogP contribution in [0.5, 0.6) is 0 Å². The van der Waals surface area contributed by atoms with Crippen molar-refractivity contribution in [3.63, 3.8) is 0 Å². The zero-order valence-corrected chi connectivity index (χ0v) is 20.0. The lowest BCUT2D eigenvalue weighted by molar-refractivity contribution is -0.122. The van der Waals surface area contributed by atoms with E-state index in [0.29, 0.717) is 11.3 Å². The Morgan fingerprint density at radius 2 is 1.84 bits per heavy atom. The number of hydrogen-bond acceptors (Lipinski definition) is 4. The lowest BCUT2D eigenvalue weighted by Crippen LogP contribution is -2.54. The van der Waals surface area contributed by atoms with Crippen molar-refractivity contribution in [3.8, 4) is 0 Å². The van der Waals surface area contributed by atoms with Gasteiger partial charge in [0.25, 0.3) is 11.8 Å². The number of nitrogens with zero attached hydrogens (tertiary/aromatic N) is 2. The van der Waals surface area contributed by atoms with Gasteiger partial charge >= 0.3 is 6.03 Å². The smallest absolute Gasteiger partial charge is 0.335 e. The van der Waals surface area contributed by atoms with Gasteiger partial charge in [-0.2, -0.15) is 0 Å². The Kier molecular flexibility index (Phi) is 5.54. The zero-order valence-electron chi connectivity index (χ0n) is 18.4. The summed E-state index contributed by atoms with van der Waals surface area (Å²) in [5.74, 6) is -1.36. The summed E-state index contributed by atoms with van der Waals surface area (Å²) >= 11 is 3.35. The topological polar surface area (TPSA) is 69.7 Å². The average molecular weight is 494 g/mol. The Hall–Kier alpha value is -3.19. The van der Waals surface area contributed by atoms with Gasteiger partial charge in [-0.1, -0.05) is 34.1 Å². The molecule has 2 heterocycles. The third-order valence-corrected chi connectivity index (χ3v) is 6.29. The van der Waals surface area contributed by atoms with E-state index in [4.69, 9.17) is 0 Å². The Bertz CT molecular complexity index is 1210. The van der Waals surface area contributed by atoms with Gasteiger partial charge in [0, 0.05) is 22.3 Å². The number of urea groups is 1. The van der Waals surface area contributed by atoms with E-state index in [1.807, 2.05) is 18.2 Å². The molecule has 0 aromatic heterocycles. The first-order chi connectivity index (χ1) is 15.1. The number of rotatable bonds is 3. The highest BCUT2D eigenvalue weighted by Gasteiger charge is 2.37. The first-order valence-corrected chi connectivity index (χ1v) is 11.2. The van der Waals surface area contributed by atoms with Crippen molar-refractivity contribution in [3.05, 3.63) is 69.7 Å². The van der Waals surface area contributed by atoms with E-state index in [1.165, 1.54) is 0 Å². The van der Waals surface area contributed by atoms with Crippen LogP contribution >= 0.6 is 15.9 Å². The molecule has 1 N–H and O–H groups in total. The van der Waals surface area contributed by atoms with Crippen LogP contribution in [0.2, 0.25) is 0 Å². The first kappa shape index (κ1) is 22.0. The fraction of sp³-hybridized carbons (Fsp3) is 0.240. The second-order valence-electron chi connectivity index (χ2n) is 8.44. The number of nitrogens with one attached hydrogen (secondary N) is 1. The van der Waals surface area contributed by atoms with E-state index < -0.39 is 17.8 Å². The molecular weight excluding hydrogens is 470 g/mol. The second kappa shape index (κ2) is 8.06. The molecule has 0 atom stereocenters. The number of benzene rings is 2. The standard InChI is InChI=1S/C25H24BrN3O3/c1-5-28-21-10-9-16(11-19(21)15(2)14-25(28,3)4)12-20-22(30)27-24(32)29(23(20)31)18-8-6-7-17(26)13-18/h6-14H,5H2,1-4H3,(H,27,30,32)/b20-12+. The molecule has 0 aliphatic carbocycles. The van der Waals surface area contributed by atoms with Crippen molar-refractivity contribution < 1.29 is 14.4 Å². The number of halogens is 1. The summed E-state index contributed by atoms with van der Waals surface area (Å²) in [6.07, 6.45) is 3.76. The highest BCUT2D eigenvalue weighted by Crippen LogP contribution is 2.39. The number of likely N-dealkylation sites (N-methyl/N-ethyl adjacent to an activating group) is 1. The molecule has 1 saturated heterocycles. The first-order valence-electron chi connectivity index (χ1n) is 10.4. The van der Waals surface area contributed by atoms with Gasteiger partial charge < -0.3 is 4.90 Å². The fourth-order valence-electron chi connectivity index (χ4n) is 4.44. The van der Waals surface area contributed by atoms with Crippen molar-refractivity contribution in [1.29, 1.82) is 0 Å². The minimum Gasteiger partial charge on any atom is -0.363 e. The van der Waals surface area contributed by atoms with E-state index >= 15 is 0 Å². The van der Waals surface area contributed by atoms with Gasteiger partial charge in [-0.3, -0.25) is 14.9 Å². The maximum atomic E-state index is 13.1. The molecule has 0 bridgehead atoms. The van der Waals surface area contributed by atoms with Gasteiger partial charge in [0.1, 0.15) is 5.57 Å². The molecule has 2 aromatic rings. The lowest BCUT2D eigenvalue weighted by Gasteiger charge is -2.42. The zero-order chi connectivity index (χ0) is 23.2. The largest absolute Gasteiger partial charge is 0.363 e. The molecule has 0 saturated carbocycles. The second-order valence-corrected chi connectivity index (χ2v) is 9.36. The van der Waals surface area contributed by atoms with Crippen LogP contribution < -0.4 is 15.1 Å². The summed E-state index contributed by atoms with van der Waals surface area (Å²) in [4.78, 5) is 41.4. The van der Waals surface area contributed by atoms with Gasteiger partial charge in [0.15, 0.2) is 0 Å². The number of fused-ring (bicyclic) bond motifs is 1. The molecule has 4 amide bonds. The van der Waals surface area contributed by atoms with E-state index in [2.05, 4.69) is 59.9 Å².